The third-order valence-corrected chi connectivity index (χ3v) is 9.16. The predicted octanol–water partition coefficient (Wildman–Crippen LogP) is 12.1. The van der Waals surface area contributed by atoms with Gasteiger partial charge in [-0.05, 0) is 87.8 Å². The van der Waals surface area contributed by atoms with Crippen molar-refractivity contribution in [1.82, 2.24) is 9.38 Å². The van der Waals surface area contributed by atoms with Crippen LogP contribution in [0.25, 0.3) is 61.0 Å². The smallest absolute Gasteiger partial charge is 0.146 e. The van der Waals surface area contributed by atoms with E-state index in [0.717, 1.165) is 55.9 Å². The van der Waals surface area contributed by atoms with E-state index in [4.69, 9.17) is 4.98 Å². The molecule has 0 N–H and O–H groups in total. The Morgan fingerprint density at radius 3 is 1.56 bits per heavy atom. The molecule has 0 unspecified atom stereocenters. The minimum atomic E-state index is 0.978. The van der Waals surface area contributed by atoms with Crippen LogP contribution in [0.1, 0.15) is 0 Å². The Morgan fingerprint density at radius 2 is 0.896 bits per heavy atom. The Morgan fingerprint density at radius 1 is 0.396 bits per heavy atom. The second-order valence-electron chi connectivity index (χ2n) is 12.1. The van der Waals surface area contributed by atoms with Crippen molar-refractivity contribution in [3.8, 4) is 33.5 Å². The zero-order valence-electron chi connectivity index (χ0n) is 26.2. The van der Waals surface area contributed by atoms with Gasteiger partial charge in [0.05, 0.1) is 16.7 Å². The van der Waals surface area contributed by atoms with Gasteiger partial charge in [-0.3, -0.25) is 4.40 Å². The average Bonchev–Trinajstić information content (AvgIpc) is 3.56. The van der Waals surface area contributed by atoms with Crippen LogP contribution in [-0.4, -0.2) is 9.38 Å². The molecule has 3 heteroatoms. The number of imidazole rings is 1. The highest BCUT2D eigenvalue weighted by molar-refractivity contribution is 6.02. The fourth-order valence-corrected chi connectivity index (χ4v) is 6.80. The molecule has 0 bridgehead atoms. The third kappa shape index (κ3) is 4.90. The van der Waals surface area contributed by atoms with E-state index in [1.54, 1.807) is 0 Å². The van der Waals surface area contributed by atoms with Crippen LogP contribution in [-0.2, 0) is 0 Å². The first kappa shape index (κ1) is 27.8. The zero-order valence-corrected chi connectivity index (χ0v) is 26.2. The zero-order chi connectivity index (χ0) is 31.9. The summed E-state index contributed by atoms with van der Waals surface area (Å²) >= 11 is 0. The Bertz CT molecular complexity index is 2520. The maximum atomic E-state index is 5.15. The van der Waals surface area contributed by atoms with Crippen molar-refractivity contribution in [1.29, 1.82) is 0 Å². The molecule has 0 fully saturated rings. The molecule has 2 heterocycles. The largest absolute Gasteiger partial charge is 0.311 e. The average molecular weight is 614 g/mol. The van der Waals surface area contributed by atoms with E-state index in [2.05, 4.69) is 197 Å². The molecule has 0 radical (unpaired) electrons. The highest BCUT2D eigenvalue weighted by atomic mass is 15.1. The SMILES string of the molecule is c1ccc(-c2ccc(N(c3ccccc3)c3ccc(-c4ccc5nc6c7ccccc7cc(-c7ccccc7)n6c5c4)cc3)cc2)cc1. The number of benzene rings is 7. The van der Waals surface area contributed by atoms with Crippen molar-refractivity contribution in [3.63, 3.8) is 0 Å². The third-order valence-electron chi connectivity index (χ3n) is 9.16. The number of anilines is 3. The van der Waals surface area contributed by atoms with Gasteiger partial charge in [0.25, 0.3) is 0 Å². The number of para-hydroxylation sites is 1. The quantitative estimate of drug-likeness (QED) is 0.186. The normalized spacial score (nSPS) is 11.3. The van der Waals surface area contributed by atoms with Gasteiger partial charge in [-0.1, -0.05) is 133 Å². The molecule has 226 valence electrons. The van der Waals surface area contributed by atoms with Gasteiger partial charge in [0, 0.05) is 22.4 Å². The molecule has 0 atom stereocenters. The molecule has 3 nitrogen and oxygen atoms in total. The number of rotatable bonds is 6. The Labute approximate surface area is 279 Å². The predicted molar refractivity (Wildman–Crippen MR) is 201 cm³/mol. The van der Waals surface area contributed by atoms with Crippen LogP contribution in [0.3, 0.4) is 0 Å². The summed E-state index contributed by atoms with van der Waals surface area (Å²) in [6.45, 7) is 0. The van der Waals surface area contributed by atoms with Crippen molar-refractivity contribution in [2.24, 2.45) is 0 Å². The topological polar surface area (TPSA) is 20.5 Å². The van der Waals surface area contributed by atoms with Crippen LogP contribution in [0.15, 0.2) is 188 Å². The molecule has 2 aromatic heterocycles. The molecule has 7 aromatic carbocycles. The van der Waals surface area contributed by atoms with Crippen molar-refractivity contribution in [2.75, 3.05) is 4.90 Å². The molecular weight excluding hydrogens is 583 g/mol. The molecular formula is C45H31N3. The lowest BCUT2D eigenvalue weighted by Crippen LogP contribution is -2.09. The van der Waals surface area contributed by atoms with Gasteiger partial charge in [-0.2, -0.15) is 0 Å². The fourth-order valence-electron chi connectivity index (χ4n) is 6.80. The summed E-state index contributed by atoms with van der Waals surface area (Å²) in [6.07, 6.45) is 0. The van der Waals surface area contributed by atoms with E-state index in [1.165, 1.54) is 22.1 Å². The molecule has 0 aliphatic carbocycles. The van der Waals surface area contributed by atoms with Crippen molar-refractivity contribution < 1.29 is 0 Å². The summed E-state index contributed by atoms with van der Waals surface area (Å²) in [5.41, 5.74) is 13.4. The lowest BCUT2D eigenvalue weighted by Gasteiger charge is -2.26. The van der Waals surface area contributed by atoms with E-state index < -0.39 is 0 Å². The number of hydrogen-bond acceptors (Lipinski definition) is 2. The Balaban J connectivity index is 1.13. The second kappa shape index (κ2) is 11.7. The van der Waals surface area contributed by atoms with E-state index in [-0.39, 0.29) is 0 Å². The van der Waals surface area contributed by atoms with E-state index in [9.17, 15) is 0 Å². The molecule has 0 aliphatic rings. The van der Waals surface area contributed by atoms with Gasteiger partial charge in [0.2, 0.25) is 0 Å². The maximum Gasteiger partial charge on any atom is 0.146 e. The number of aromatic nitrogens is 2. The van der Waals surface area contributed by atoms with E-state index >= 15 is 0 Å². The van der Waals surface area contributed by atoms with Gasteiger partial charge in [0.15, 0.2) is 0 Å². The standard InChI is InChI=1S/C45H31N3/c1-4-12-32(13-5-1)33-20-25-39(26-21-33)47(38-17-8-3-9-18-38)40-27-22-34(23-28-40)36-24-29-42-44(30-36)48-43(35-14-6-2-7-15-35)31-37-16-10-11-19-41(37)45(48)46-42/h1-31H. The van der Waals surface area contributed by atoms with Gasteiger partial charge in [-0.15, -0.1) is 0 Å². The summed E-state index contributed by atoms with van der Waals surface area (Å²) in [5, 5.41) is 2.34. The Kier molecular flexibility index (Phi) is 6.80. The summed E-state index contributed by atoms with van der Waals surface area (Å²) < 4.78 is 2.32. The summed E-state index contributed by atoms with van der Waals surface area (Å²) in [7, 11) is 0. The molecule has 9 aromatic rings. The van der Waals surface area contributed by atoms with E-state index in [1.807, 2.05) is 0 Å². The maximum absolute atomic E-state index is 5.15. The van der Waals surface area contributed by atoms with Gasteiger partial charge in [0.1, 0.15) is 5.65 Å². The lowest BCUT2D eigenvalue weighted by molar-refractivity contribution is 1.25. The first-order chi connectivity index (χ1) is 23.8. The van der Waals surface area contributed by atoms with Gasteiger partial charge in [-0.25, -0.2) is 4.98 Å². The van der Waals surface area contributed by atoms with Crippen LogP contribution in [0.4, 0.5) is 17.1 Å². The monoisotopic (exact) mass is 613 g/mol. The fraction of sp³-hybridized carbons (Fsp3) is 0. The summed E-state index contributed by atoms with van der Waals surface area (Å²) in [5.74, 6) is 0. The summed E-state index contributed by atoms with van der Waals surface area (Å²) in [4.78, 5) is 7.46. The lowest BCUT2D eigenvalue weighted by atomic mass is 10.0. The highest BCUT2D eigenvalue weighted by Crippen LogP contribution is 2.38. The second-order valence-corrected chi connectivity index (χ2v) is 12.1. The molecule has 0 amide bonds. The van der Waals surface area contributed by atoms with Crippen LogP contribution >= 0.6 is 0 Å². The number of hydrogen-bond donors (Lipinski definition) is 0. The molecule has 0 saturated heterocycles. The van der Waals surface area contributed by atoms with Crippen LogP contribution < -0.4 is 4.90 Å². The number of pyridine rings is 1. The van der Waals surface area contributed by atoms with Crippen molar-refractivity contribution in [3.05, 3.63) is 188 Å². The molecule has 0 aliphatic heterocycles. The van der Waals surface area contributed by atoms with Crippen LogP contribution in [0.2, 0.25) is 0 Å². The first-order valence-corrected chi connectivity index (χ1v) is 16.3. The highest BCUT2D eigenvalue weighted by Gasteiger charge is 2.16. The number of nitrogens with zero attached hydrogens (tertiary/aromatic N) is 3. The summed E-state index contributed by atoms with van der Waals surface area (Å²) in [6, 6.07) is 66.8. The van der Waals surface area contributed by atoms with Crippen LogP contribution in [0.5, 0.6) is 0 Å². The van der Waals surface area contributed by atoms with Crippen molar-refractivity contribution >= 4 is 44.5 Å². The first-order valence-electron chi connectivity index (χ1n) is 16.3. The minimum absolute atomic E-state index is 0.978. The number of fused-ring (bicyclic) bond motifs is 5. The van der Waals surface area contributed by atoms with Gasteiger partial charge >= 0.3 is 0 Å². The minimum Gasteiger partial charge on any atom is -0.311 e. The molecule has 0 saturated carbocycles. The molecule has 48 heavy (non-hydrogen) atoms. The molecule has 0 spiro atoms. The molecule has 9 rings (SSSR count). The van der Waals surface area contributed by atoms with Crippen LogP contribution in [0, 0.1) is 0 Å². The Hall–Kier alpha value is -6.45. The van der Waals surface area contributed by atoms with E-state index in [0.29, 0.717) is 0 Å². The van der Waals surface area contributed by atoms with Gasteiger partial charge < -0.3 is 4.90 Å². The van der Waals surface area contributed by atoms with Crippen molar-refractivity contribution in [2.45, 2.75) is 0 Å².